The number of ketones is 1. The van der Waals surface area contributed by atoms with E-state index in [9.17, 15) is 9.59 Å². The normalized spacial score (nSPS) is 10.6. The maximum atomic E-state index is 12.3. The summed E-state index contributed by atoms with van der Waals surface area (Å²) in [6, 6.07) is 28.1. The number of carbonyl (C=O) groups is 2. The fourth-order valence-electron chi connectivity index (χ4n) is 2.95. The number of nitrogens with zero attached hydrogens (tertiary/aromatic N) is 1. The second-order valence-corrected chi connectivity index (χ2v) is 6.33. The molecule has 1 heterocycles. The maximum Gasteiger partial charge on any atom is 0.357 e. The molecule has 0 amide bonds. The van der Waals surface area contributed by atoms with E-state index in [1.807, 2.05) is 72.8 Å². The van der Waals surface area contributed by atoms with Crippen molar-refractivity contribution in [2.24, 2.45) is 0 Å². The molecule has 0 unspecified atom stereocenters. The van der Waals surface area contributed by atoms with Crippen molar-refractivity contribution in [2.75, 3.05) is 6.61 Å². The van der Waals surface area contributed by atoms with Crippen LogP contribution in [0.25, 0.3) is 22.0 Å². The SMILES string of the molecule is O=C(COC(=O)c1ccc2ccccc2n1)c1ccc(-c2ccccc2)cc1. The van der Waals surface area contributed by atoms with Gasteiger partial charge in [-0.3, -0.25) is 4.79 Å². The van der Waals surface area contributed by atoms with E-state index >= 15 is 0 Å². The van der Waals surface area contributed by atoms with Crippen LogP contribution in [0.1, 0.15) is 20.8 Å². The quantitative estimate of drug-likeness (QED) is 0.370. The lowest BCUT2D eigenvalue weighted by Crippen LogP contribution is -2.15. The van der Waals surface area contributed by atoms with Crippen molar-refractivity contribution in [2.45, 2.75) is 0 Å². The summed E-state index contributed by atoms with van der Waals surface area (Å²) in [5, 5.41) is 0.939. The van der Waals surface area contributed by atoms with E-state index < -0.39 is 5.97 Å². The number of ether oxygens (including phenoxy) is 1. The summed E-state index contributed by atoms with van der Waals surface area (Å²) >= 11 is 0. The third-order valence-electron chi connectivity index (χ3n) is 4.46. The summed E-state index contributed by atoms with van der Waals surface area (Å²) in [7, 11) is 0. The van der Waals surface area contributed by atoms with Crippen LogP contribution in [0.2, 0.25) is 0 Å². The Balaban J connectivity index is 1.41. The lowest BCUT2D eigenvalue weighted by atomic mass is 10.0. The Kier molecular flexibility index (Phi) is 4.93. The zero-order valence-corrected chi connectivity index (χ0v) is 15.0. The maximum absolute atomic E-state index is 12.3. The van der Waals surface area contributed by atoms with Crippen molar-refractivity contribution >= 4 is 22.7 Å². The van der Waals surface area contributed by atoms with Gasteiger partial charge in [0.15, 0.2) is 12.4 Å². The molecule has 0 aliphatic heterocycles. The number of benzene rings is 3. The predicted octanol–water partition coefficient (Wildman–Crippen LogP) is 4.94. The number of aromatic nitrogens is 1. The van der Waals surface area contributed by atoms with Gasteiger partial charge in [0.1, 0.15) is 5.69 Å². The van der Waals surface area contributed by atoms with E-state index in [-0.39, 0.29) is 18.1 Å². The molecule has 28 heavy (non-hydrogen) atoms. The first-order chi connectivity index (χ1) is 13.7. The van der Waals surface area contributed by atoms with Crippen LogP contribution < -0.4 is 0 Å². The van der Waals surface area contributed by atoms with Crippen molar-refractivity contribution in [3.8, 4) is 11.1 Å². The highest BCUT2D eigenvalue weighted by atomic mass is 16.5. The van der Waals surface area contributed by atoms with E-state index in [0.717, 1.165) is 16.5 Å². The largest absolute Gasteiger partial charge is 0.453 e. The van der Waals surface area contributed by atoms with Crippen LogP contribution in [0.5, 0.6) is 0 Å². The summed E-state index contributed by atoms with van der Waals surface area (Å²) in [5.74, 6) is -0.867. The molecule has 0 N–H and O–H groups in total. The number of rotatable bonds is 5. The number of hydrogen-bond donors (Lipinski definition) is 0. The van der Waals surface area contributed by atoms with Gasteiger partial charge in [0.05, 0.1) is 5.52 Å². The van der Waals surface area contributed by atoms with Crippen LogP contribution >= 0.6 is 0 Å². The molecule has 4 aromatic rings. The van der Waals surface area contributed by atoms with Gasteiger partial charge < -0.3 is 4.74 Å². The molecule has 0 spiro atoms. The van der Waals surface area contributed by atoms with Crippen molar-refractivity contribution in [1.29, 1.82) is 0 Å². The van der Waals surface area contributed by atoms with E-state index in [4.69, 9.17) is 4.74 Å². The summed E-state index contributed by atoms with van der Waals surface area (Å²) in [6.45, 7) is -0.321. The van der Waals surface area contributed by atoms with Crippen LogP contribution in [-0.2, 0) is 4.74 Å². The average molecular weight is 367 g/mol. The fourth-order valence-corrected chi connectivity index (χ4v) is 2.95. The Morgan fingerprint density at radius 3 is 2.18 bits per heavy atom. The summed E-state index contributed by atoms with van der Waals surface area (Å²) < 4.78 is 5.16. The standard InChI is InChI=1S/C24H17NO3/c26-23(20-12-10-18(11-13-20)17-6-2-1-3-7-17)16-28-24(27)22-15-14-19-8-4-5-9-21(19)25-22/h1-15H,16H2. The topological polar surface area (TPSA) is 56.3 Å². The number of Topliss-reactive ketones (excluding diaryl/α,β-unsaturated/α-hetero) is 1. The molecule has 0 saturated heterocycles. The van der Waals surface area contributed by atoms with Crippen molar-refractivity contribution in [3.05, 3.63) is 102 Å². The van der Waals surface area contributed by atoms with Crippen LogP contribution in [-0.4, -0.2) is 23.3 Å². The summed E-state index contributed by atoms with van der Waals surface area (Å²) in [5.41, 5.74) is 3.49. The van der Waals surface area contributed by atoms with E-state index in [1.165, 1.54) is 0 Å². The second-order valence-electron chi connectivity index (χ2n) is 6.33. The molecule has 4 heteroatoms. The highest BCUT2D eigenvalue weighted by molar-refractivity contribution is 5.99. The molecule has 4 nitrogen and oxygen atoms in total. The zero-order valence-electron chi connectivity index (χ0n) is 15.0. The molecule has 3 aromatic carbocycles. The van der Waals surface area contributed by atoms with Gasteiger partial charge in [-0.1, -0.05) is 78.9 Å². The lowest BCUT2D eigenvalue weighted by molar-refractivity contribution is 0.0469. The number of pyridine rings is 1. The van der Waals surface area contributed by atoms with E-state index in [0.29, 0.717) is 11.1 Å². The predicted molar refractivity (Wildman–Crippen MR) is 108 cm³/mol. The van der Waals surface area contributed by atoms with Gasteiger partial charge in [-0.25, -0.2) is 9.78 Å². The highest BCUT2D eigenvalue weighted by Gasteiger charge is 2.13. The smallest absolute Gasteiger partial charge is 0.357 e. The fraction of sp³-hybridized carbons (Fsp3) is 0.0417. The monoisotopic (exact) mass is 367 g/mol. The molecule has 0 saturated carbocycles. The molecule has 0 fully saturated rings. The Morgan fingerprint density at radius 1 is 0.714 bits per heavy atom. The van der Waals surface area contributed by atoms with Crippen LogP contribution in [0.15, 0.2) is 91.0 Å². The first-order valence-corrected chi connectivity index (χ1v) is 8.92. The first kappa shape index (κ1) is 17.6. The molecule has 0 radical (unpaired) electrons. The number of fused-ring (bicyclic) bond motifs is 1. The van der Waals surface area contributed by atoms with Gasteiger partial charge in [0.25, 0.3) is 0 Å². The molecule has 0 aliphatic carbocycles. The third kappa shape index (κ3) is 3.81. The van der Waals surface area contributed by atoms with Gasteiger partial charge in [-0.2, -0.15) is 0 Å². The Morgan fingerprint density at radius 2 is 1.39 bits per heavy atom. The van der Waals surface area contributed by atoms with Crippen LogP contribution in [0.4, 0.5) is 0 Å². The number of hydrogen-bond acceptors (Lipinski definition) is 4. The molecule has 0 aliphatic rings. The Labute approximate surface area is 162 Å². The van der Waals surface area contributed by atoms with Gasteiger partial charge in [0.2, 0.25) is 0 Å². The number of carbonyl (C=O) groups excluding carboxylic acids is 2. The van der Waals surface area contributed by atoms with Crippen LogP contribution in [0.3, 0.4) is 0 Å². The summed E-state index contributed by atoms with van der Waals surface area (Å²) in [4.78, 5) is 28.9. The minimum Gasteiger partial charge on any atom is -0.453 e. The molecule has 0 atom stereocenters. The summed E-state index contributed by atoms with van der Waals surface area (Å²) in [6.07, 6.45) is 0. The Hall–Kier alpha value is -3.79. The second kappa shape index (κ2) is 7.84. The van der Waals surface area contributed by atoms with Gasteiger partial charge in [-0.15, -0.1) is 0 Å². The Bertz CT molecular complexity index is 1140. The molecule has 4 rings (SSSR count). The lowest BCUT2D eigenvalue weighted by Gasteiger charge is -2.06. The first-order valence-electron chi connectivity index (χ1n) is 8.92. The van der Waals surface area contributed by atoms with Gasteiger partial charge in [-0.05, 0) is 23.3 Å². The number of para-hydroxylation sites is 1. The zero-order chi connectivity index (χ0) is 19.3. The van der Waals surface area contributed by atoms with Crippen molar-refractivity contribution < 1.29 is 14.3 Å². The van der Waals surface area contributed by atoms with Crippen molar-refractivity contribution in [1.82, 2.24) is 4.98 Å². The number of esters is 1. The van der Waals surface area contributed by atoms with Gasteiger partial charge in [0, 0.05) is 10.9 Å². The molecule has 0 bridgehead atoms. The van der Waals surface area contributed by atoms with Crippen LogP contribution in [0, 0.1) is 0 Å². The van der Waals surface area contributed by atoms with Crippen molar-refractivity contribution in [3.63, 3.8) is 0 Å². The third-order valence-corrected chi connectivity index (χ3v) is 4.46. The molecule has 136 valence electrons. The van der Waals surface area contributed by atoms with Gasteiger partial charge >= 0.3 is 5.97 Å². The minimum atomic E-state index is -0.611. The molecular weight excluding hydrogens is 350 g/mol. The molecule has 1 aromatic heterocycles. The van der Waals surface area contributed by atoms with E-state index in [2.05, 4.69) is 4.98 Å². The average Bonchev–Trinajstić information content (AvgIpc) is 2.77. The molecular formula is C24H17NO3. The highest BCUT2D eigenvalue weighted by Crippen LogP contribution is 2.19. The van der Waals surface area contributed by atoms with E-state index in [1.54, 1.807) is 18.2 Å². The minimum absolute atomic E-state index is 0.186.